The average Bonchev–Trinajstić information content (AvgIpc) is 2.57. The number of benzene rings is 1. The Kier molecular flexibility index (Phi) is 5.38. The van der Waals surface area contributed by atoms with E-state index in [4.69, 9.17) is 4.74 Å². The Hall–Kier alpha value is -1.33. The predicted molar refractivity (Wildman–Crippen MR) is 88.1 cm³/mol. The molecule has 2 aromatic rings. The maximum absolute atomic E-state index is 13.9. The highest BCUT2D eigenvalue weighted by molar-refractivity contribution is 9.10. The van der Waals surface area contributed by atoms with E-state index in [1.54, 1.807) is 18.3 Å². The smallest absolute Gasteiger partial charge is 0.162 e. The van der Waals surface area contributed by atoms with Crippen LogP contribution in [0.5, 0.6) is 0 Å². The van der Waals surface area contributed by atoms with Gasteiger partial charge in [0.05, 0.1) is 18.4 Å². The lowest BCUT2D eigenvalue weighted by Gasteiger charge is -2.29. The van der Waals surface area contributed by atoms with Crippen LogP contribution in [0.2, 0.25) is 0 Å². The predicted octanol–water partition coefficient (Wildman–Crippen LogP) is 5.37. The van der Waals surface area contributed by atoms with Crippen molar-refractivity contribution in [1.82, 2.24) is 4.98 Å². The number of ether oxygens (including phenoxy) is 1. The zero-order valence-electron chi connectivity index (χ0n) is 12.6. The van der Waals surface area contributed by atoms with Gasteiger partial charge in [0.25, 0.3) is 0 Å². The van der Waals surface area contributed by atoms with Crippen LogP contribution in [0.4, 0.5) is 8.78 Å². The van der Waals surface area contributed by atoms with Gasteiger partial charge in [-0.3, -0.25) is 4.98 Å². The first-order valence-corrected chi connectivity index (χ1v) is 8.59. The lowest BCUT2D eigenvalue weighted by Crippen LogP contribution is -2.21. The van der Waals surface area contributed by atoms with Crippen LogP contribution in [-0.4, -0.2) is 11.1 Å². The molecule has 5 heteroatoms. The molecule has 0 aliphatic heterocycles. The molecule has 0 amide bonds. The zero-order chi connectivity index (χ0) is 16.2. The highest BCUT2D eigenvalue weighted by atomic mass is 79.9. The molecule has 0 saturated heterocycles. The van der Waals surface area contributed by atoms with Crippen LogP contribution >= 0.6 is 15.9 Å². The van der Waals surface area contributed by atoms with Crippen molar-refractivity contribution in [2.75, 3.05) is 0 Å². The van der Waals surface area contributed by atoms with E-state index < -0.39 is 11.6 Å². The number of hydrogen-bond donors (Lipinski definition) is 0. The number of nitrogens with zero attached hydrogens (tertiary/aromatic N) is 1. The summed E-state index contributed by atoms with van der Waals surface area (Å²) in [7, 11) is 0. The quantitative estimate of drug-likeness (QED) is 0.710. The molecule has 0 radical (unpaired) electrons. The van der Waals surface area contributed by atoms with Crippen molar-refractivity contribution in [2.24, 2.45) is 0 Å². The second kappa shape index (κ2) is 7.49. The summed E-state index contributed by atoms with van der Waals surface area (Å²) in [4.78, 5) is 4.28. The molecule has 0 N–H and O–H groups in total. The highest BCUT2D eigenvalue weighted by Gasteiger charge is 2.25. The molecule has 1 aliphatic rings. The molecular weight excluding hydrogens is 364 g/mol. The molecule has 0 atom stereocenters. The van der Waals surface area contributed by atoms with Crippen molar-refractivity contribution in [2.45, 2.75) is 44.3 Å². The van der Waals surface area contributed by atoms with Crippen LogP contribution in [0.1, 0.15) is 42.9 Å². The number of aromatic nitrogens is 1. The highest BCUT2D eigenvalue weighted by Crippen LogP contribution is 2.36. The van der Waals surface area contributed by atoms with Crippen LogP contribution in [0.15, 0.2) is 41.0 Å². The molecule has 0 unspecified atom stereocenters. The fourth-order valence-corrected chi connectivity index (χ4v) is 3.47. The summed E-state index contributed by atoms with van der Waals surface area (Å²) in [5.74, 6) is -1.39. The monoisotopic (exact) mass is 381 g/mol. The number of rotatable bonds is 4. The fraction of sp³-hybridized carbons (Fsp3) is 0.389. The summed E-state index contributed by atoms with van der Waals surface area (Å²) in [6.45, 7) is 0.463. The first-order chi connectivity index (χ1) is 11.1. The summed E-state index contributed by atoms with van der Waals surface area (Å²) >= 11 is 3.46. The SMILES string of the molecule is Fc1cccc([C@H]2CC[C@@H](OCc3ncccc3Br)CC2)c1F. The van der Waals surface area contributed by atoms with Gasteiger partial charge in [-0.15, -0.1) is 0 Å². The van der Waals surface area contributed by atoms with Gasteiger partial charge in [0.15, 0.2) is 11.6 Å². The fourth-order valence-electron chi connectivity index (χ4n) is 3.10. The summed E-state index contributed by atoms with van der Waals surface area (Å²) in [5, 5.41) is 0. The molecule has 2 nitrogen and oxygen atoms in total. The van der Waals surface area contributed by atoms with E-state index >= 15 is 0 Å². The molecule has 0 bridgehead atoms. The summed E-state index contributed by atoms with van der Waals surface area (Å²) in [5.41, 5.74) is 1.38. The zero-order valence-corrected chi connectivity index (χ0v) is 14.2. The average molecular weight is 382 g/mol. The van der Waals surface area contributed by atoms with E-state index in [0.717, 1.165) is 41.9 Å². The molecule has 122 valence electrons. The van der Waals surface area contributed by atoms with Gasteiger partial charge >= 0.3 is 0 Å². The minimum absolute atomic E-state index is 0.0761. The van der Waals surface area contributed by atoms with E-state index in [0.29, 0.717) is 12.2 Å². The van der Waals surface area contributed by atoms with Crippen LogP contribution in [0.3, 0.4) is 0 Å². The Morgan fingerprint density at radius 2 is 1.87 bits per heavy atom. The summed E-state index contributed by atoms with van der Waals surface area (Å²) < 4.78 is 34.1. The molecule has 23 heavy (non-hydrogen) atoms. The van der Waals surface area contributed by atoms with Gasteiger partial charge in [0.2, 0.25) is 0 Å². The first kappa shape index (κ1) is 16.5. The van der Waals surface area contributed by atoms with E-state index in [-0.39, 0.29) is 12.0 Å². The Morgan fingerprint density at radius 3 is 2.61 bits per heavy atom. The third kappa shape index (κ3) is 3.96. The van der Waals surface area contributed by atoms with Crippen LogP contribution in [-0.2, 0) is 11.3 Å². The maximum Gasteiger partial charge on any atom is 0.162 e. The largest absolute Gasteiger partial charge is 0.372 e. The van der Waals surface area contributed by atoms with E-state index in [9.17, 15) is 8.78 Å². The van der Waals surface area contributed by atoms with E-state index in [1.165, 1.54) is 0 Å². The van der Waals surface area contributed by atoms with Gasteiger partial charge in [0, 0.05) is 10.7 Å². The van der Waals surface area contributed by atoms with E-state index in [1.807, 2.05) is 12.1 Å². The van der Waals surface area contributed by atoms with Crippen molar-refractivity contribution in [1.29, 1.82) is 0 Å². The van der Waals surface area contributed by atoms with Gasteiger partial charge in [0.1, 0.15) is 0 Å². The second-order valence-electron chi connectivity index (χ2n) is 5.86. The van der Waals surface area contributed by atoms with Gasteiger partial charge < -0.3 is 4.74 Å². The first-order valence-electron chi connectivity index (χ1n) is 7.80. The van der Waals surface area contributed by atoms with Gasteiger partial charge in [-0.2, -0.15) is 0 Å². The topological polar surface area (TPSA) is 22.1 Å². The second-order valence-corrected chi connectivity index (χ2v) is 6.71. The summed E-state index contributed by atoms with van der Waals surface area (Å²) in [6, 6.07) is 8.24. The third-order valence-electron chi connectivity index (χ3n) is 4.39. The van der Waals surface area contributed by atoms with Gasteiger partial charge in [-0.25, -0.2) is 8.78 Å². The molecule has 0 spiro atoms. The number of pyridine rings is 1. The van der Waals surface area contributed by atoms with Gasteiger partial charge in [-0.1, -0.05) is 12.1 Å². The molecule has 1 saturated carbocycles. The van der Waals surface area contributed by atoms with Crippen LogP contribution in [0, 0.1) is 11.6 Å². The number of hydrogen-bond acceptors (Lipinski definition) is 2. The Balaban J connectivity index is 1.54. The normalized spacial score (nSPS) is 21.3. The Labute approximate surface area is 143 Å². The van der Waals surface area contributed by atoms with Crippen molar-refractivity contribution in [3.05, 3.63) is 63.9 Å². The molecule has 1 aliphatic carbocycles. The third-order valence-corrected chi connectivity index (χ3v) is 5.11. The van der Waals surface area contributed by atoms with Crippen molar-refractivity contribution >= 4 is 15.9 Å². The lowest BCUT2D eigenvalue weighted by atomic mass is 9.82. The minimum Gasteiger partial charge on any atom is -0.372 e. The van der Waals surface area contributed by atoms with E-state index in [2.05, 4.69) is 20.9 Å². The molecule has 1 fully saturated rings. The molecule has 1 heterocycles. The van der Waals surface area contributed by atoms with Crippen molar-refractivity contribution in [3.8, 4) is 0 Å². The van der Waals surface area contributed by atoms with Crippen molar-refractivity contribution < 1.29 is 13.5 Å². The Morgan fingerprint density at radius 1 is 1.09 bits per heavy atom. The maximum atomic E-state index is 13.9. The number of halogens is 3. The van der Waals surface area contributed by atoms with Crippen LogP contribution in [0.25, 0.3) is 0 Å². The van der Waals surface area contributed by atoms with Gasteiger partial charge in [-0.05, 0) is 71.3 Å². The summed E-state index contributed by atoms with van der Waals surface area (Å²) in [6.07, 6.45) is 5.23. The molecule has 3 rings (SSSR count). The van der Waals surface area contributed by atoms with Crippen molar-refractivity contribution in [3.63, 3.8) is 0 Å². The molecule has 1 aromatic heterocycles. The van der Waals surface area contributed by atoms with Crippen LogP contribution < -0.4 is 0 Å². The Bertz CT molecular complexity index is 672. The minimum atomic E-state index is -0.763. The standard InChI is InChI=1S/C18H18BrF2NO/c19-15-4-2-10-22-17(15)11-23-13-8-6-12(7-9-13)14-3-1-5-16(20)18(14)21/h1-5,10,12-13H,6-9,11H2/t12-,13+. The molecule has 1 aromatic carbocycles. The lowest BCUT2D eigenvalue weighted by molar-refractivity contribution is 0.0113. The molecular formula is C18H18BrF2NO.